The van der Waals surface area contributed by atoms with Gasteiger partial charge in [0.15, 0.2) is 5.15 Å². The number of carbonyl (C=O) groups excluding carboxylic acids is 1. The topological polar surface area (TPSA) is 61.3 Å². The summed E-state index contributed by atoms with van der Waals surface area (Å²) < 4.78 is 10.3. The highest BCUT2D eigenvalue weighted by Gasteiger charge is 2.08. The fourth-order valence-corrected chi connectivity index (χ4v) is 1.51. The maximum Gasteiger partial charge on any atom is 0.338 e. The number of esters is 1. The third-order valence-corrected chi connectivity index (χ3v) is 2.46. The van der Waals surface area contributed by atoms with Gasteiger partial charge in [0.1, 0.15) is 5.75 Å². The van der Waals surface area contributed by atoms with Crippen LogP contribution in [0.3, 0.4) is 0 Å². The van der Waals surface area contributed by atoms with Crippen LogP contribution in [0.2, 0.25) is 5.15 Å². The number of benzene rings is 1. The second-order valence-electron chi connectivity index (χ2n) is 3.50. The monoisotopic (exact) mass is 278 g/mol. The summed E-state index contributed by atoms with van der Waals surface area (Å²) in [5.74, 6) is 0.357. The van der Waals surface area contributed by atoms with E-state index in [-0.39, 0.29) is 17.0 Å². The molecular formula is C13H11ClN2O3. The van der Waals surface area contributed by atoms with E-state index < -0.39 is 0 Å². The van der Waals surface area contributed by atoms with E-state index in [0.717, 1.165) is 0 Å². The smallest absolute Gasteiger partial charge is 0.338 e. The summed E-state index contributed by atoms with van der Waals surface area (Å²) in [5, 5.41) is 0.178. The molecule has 0 fully saturated rings. The molecule has 0 saturated carbocycles. The van der Waals surface area contributed by atoms with Gasteiger partial charge < -0.3 is 9.47 Å². The van der Waals surface area contributed by atoms with Crippen molar-refractivity contribution in [3.05, 3.63) is 47.4 Å². The standard InChI is InChI=1S/C13H11ClN2O3/c1-2-18-13(17)9-3-5-10(6-4-9)19-12-11(14)15-7-8-16-12/h3-8H,2H2,1H3. The Labute approximate surface area is 115 Å². The van der Waals surface area contributed by atoms with Gasteiger partial charge in [-0.25, -0.2) is 14.8 Å². The summed E-state index contributed by atoms with van der Waals surface area (Å²) in [5.41, 5.74) is 0.458. The number of carbonyl (C=O) groups is 1. The van der Waals surface area contributed by atoms with Crippen LogP contribution in [-0.4, -0.2) is 22.5 Å². The molecule has 0 aliphatic heterocycles. The Morgan fingerprint density at radius 2 is 1.89 bits per heavy atom. The molecule has 0 atom stereocenters. The minimum atomic E-state index is -0.369. The van der Waals surface area contributed by atoms with Crippen molar-refractivity contribution in [1.82, 2.24) is 9.97 Å². The Hall–Kier alpha value is -2.14. The lowest BCUT2D eigenvalue weighted by atomic mass is 10.2. The molecule has 0 saturated heterocycles. The van der Waals surface area contributed by atoms with Crippen molar-refractivity contribution >= 4 is 17.6 Å². The van der Waals surface area contributed by atoms with Gasteiger partial charge in [-0.2, -0.15) is 0 Å². The zero-order chi connectivity index (χ0) is 13.7. The van der Waals surface area contributed by atoms with E-state index in [1.807, 2.05) is 0 Å². The van der Waals surface area contributed by atoms with Gasteiger partial charge in [0.25, 0.3) is 5.88 Å². The summed E-state index contributed by atoms with van der Waals surface area (Å²) in [4.78, 5) is 19.3. The third-order valence-electron chi connectivity index (χ3n) is 2.20. The number of nitrogens with zero attached hydrogens (tertiary/aromatic N) is 2. The van der Waals surface area contributed by atoms with Gasteiger partial charge in [0.2, 0.25) is 0 Å². The van der Waals surface area contributed by atoms with Crippen molar-refractivity contribution < 1.29 is 14.3 Å². The number of hydrogen-bond acceptors (Lipinski definition) is 5. The van der Waals surface area contributed by atoms with Crippen LogP contribution >= 0.6 is 11.6 Å². The van der Waals surface area contributed by atoms with E-state index >= 15 is 0 Å². The lowest BCUT2D eigenvalue weighted by Crippen LogP contribution is -2.04. The first-order chi connectivity index (χ1) is 9.20. The normalized spacial score (nSPS) is 10.0. The number of rotatable bonds is 4. The van der Waals surface area contributed by atoms with E-state index in [1.54, 1.807) is 31.2 Å². The van der Waals surface area contributed by atoms with Crippen LogP contribution in [0.25, 0.3) is 0 Å². The molecule has 1 heterocycles. The molecule has 0 unspecified atom stereocenters. The summed E-state index contributed by atoms with van der Waals surface area (Å²) in [6, 6.07) is 6.49. The molecule has 0 spiro atoms. The average Bonchev–Trinajstić information content (AvgIpc) is 2.42. The van der Waals surface area contributed by atoms with Gasteiger partial charge in [-0.05, 0) is 31.2 Å². The van der Waals surface area contributed by atoms with E-state index in [0.29, 0.717) is 17.9 Å². The highest BCUT2D eigenvalue weighted by molar-refractivity contribution is 6.30. The van der Waals surface area contributed by atoms with Crippen LogP contribution in [0.4, 0.5) is 0 Å². The van der Waals surface area contributed by atoms with Crippen LogP contribution in [0, 0.1) is 0 Å². The summed E-state index contributed by atoms with van der Waals surface area (Å²) in [6.45, 7) is 2.09. The summed E-state index contributed by atoms with van der Waals surface area (Å²) in [7, 11) is 0. The van der Waals surface area contributed by atoms with Crippen molar-refractivity contribution in [2.75, 3.05) is 6.61 Å². The molecule has 0 amide bonds. The second-order valence-corrected chi connectivity index (χ2v) is 3.86. The van der Waals surface area contributed by atoms with Crippen LogP contribution < -0.4 is 4.74 Å². The quantitative estimate of drug-likeness (QED) is 0.804. The molecular weight excluding hydrogens is 268 g/mol. The zero-order valence-corrected chi connectivity index (χ0v) is 10.9. The molecule has 5 nitrogen and oxygen atoms in total. The SMILES string of the molecule is CCOC(=O)c1ccc(Oc2nccnc2Cl)cc1. The molecule has 6 heteroatoms. The Bertz CT molecular complexity index is 572. The Morgan fingerprint density at radius 1 is 1.21 bits per heavy atom. The van der Waals surface area contributed by atoms with Gasteiger partial charge in [-0.3, -0.25) is 0 Å². The molecule has 1 aromatic carbocycles. The predicted molar refractivity (Wildman–Crippen MR) is 69.5 cm³/mol. The first kappa shape index (κ1) is 13.3. The first-order valence-electron chi connectivity index (χ1n) is 5.62. The van der Waals surface area contributed by atoms with Gasteiger partial charge in [-0.1, -0.05) is 11.6 Å². The number of aromatic nitrogens is 2. The van der Waals surface area contributed by atoms with Crippen LogP contribution in [0.15, 0.2) is 36.7 Å². The summed E-state index contributed by atoms with van der Waals surface area (Å²) >= 11 is 5.82. The van der Waals surface area contributed by atoms with Crippen LogP contribution in [-0.2, 0) is 4.74 Å². The largest absolute Gasteiger partial charge is 0.462 e. The fourth-order valence-electron chi connectivity index (χ4n) is 1.36. The first-order valence-corrected chi connectivity index (χ1v) is 6.00. The molecule has 98 valence electrons. The minimum Gasteiger partial charge on any atom is -0.462 e. The van der Waals surface area contributed by atoms with Crippen molar-refractivity contribution in [2.45, 2.75) is 6.92 Å². The Balaban J connectivity index is 2.11. The van der Waals surface area contributed by atoms with Crippen LogP contribution in [0.1, 0.15) is 17.3 Å². The van der Waals surface area contributed by atoms with Crippen molar-refractivity contribution in [3.8, 4) is 11.6 Å². The van der Waals surface area contributed by atoms with E-state index in [1.165, 1.54) is 12.4 Å². The second kappa shape index (κ2) is 6.15. The van der Waals surface area contributed by atoms with Gasteiger partial charge in [0, 0.05) is 12.4 Å². The molecule has 19 heavy (non-hydrogen) atoms. The van der Waals surface area contributed by atoms with Gasteiger partial charge in [0.05, 0.1) is 12.2 Å². The number of halogens is 1. The third kappa shape index (κ3) is 3.42. The molecule has 2 aromatic rings. The maximum atomic E-state index is 11.5. The van der Waals surface area contributed by atoms with Crippen molar-refractivity contribution in [3.63, 3.8) is 0 Å². The molecule has 0 aliphatic carbocycles. The van der Waals surface area contributed by atoms with Gasteiger partial charge >= 0.3 is 5.97 Å². The Morgan fingerprint density at radius 3 is 2.53 bits per heavy atom. The van der Waals surface area contributed by atoms with Crippen molar-refractivity contribution in [2.24, 2.45) is 0 Å². The van der Waals surface area contributed by atoms with Crippen molar-refractivity contribution in [1.29, 1.82) is 0 Å². The molecule has 0 aliphatic rings. The van der Waals surface area contributed by atoms with E-state index in [9.17, 15) is 4.79 Å². The summed E-state index contributed by atoms with van der Waals surface area (Å²) in [6.07, 6.45) is 2.95. The molecule has 1 aromatic heterocycles. The van der Waals surface area contributed by atoms with E-state index in [2.05, 4.69) is 9.97 Å². The van der Waals surface area contributed by atoms with E-state index in [4.69, 9.17) is 21.1 Å². The predicted octanol–water partition coefficient (Wildman–Crippen LogP) is 3.10. The minimum absolute atomic E-state index is 0.178. The fraction of sp³-hybridized carbons (Fsp3) is 0.154. The lowest BCUT2D eigenvalue weighted by molar-refractivity contribution is 0.0526. The molecule has 0 bridgehead atoms. The average molecular weight is 279 g/mol. The highest BCUT2D eigenvalue weighted by Crippen LogP contribution is 2.24. The Kier molecular flexibility index (Phi) is 4.30. The zero-order valence-electron chi connectivity index (χ0n) is 10.2. The highest BCUT2D eigenvalue weighted by atomic mass is 35.5. The number of hydrogen-bond donors (Lipinski definition) is 0. The lowest BCUT2D eigenvalue weighted by Gasteiger charge is -2.06. The molecule has 0 radical (unpaired) electrons. The van der Waals surface area contributed by atoms with Crippen LogP contribution in [0.5, 0.6) is 11.6 Å². The maximum absolute atomic E-state index is 11.5. The molecule has 0 N–H and O–H groups in total. The molecule has 2 rings (SSSR count). The number of ether oxygens (including phenoxy) is 2. The van der Waals surface area contributed by atoms with Gasteiger partial charge in [-0.15, -0.1) is 0 Å².